The normalized spacial score (nSPS) is 11.3. The van der Waals surface area contributed by atoms with Gasteiger partial charge < -0.3 is 10.3 Å². The molecule has 1 aromatic carbocycles. The van der Waals surface area contributed by atoms with Crippen molar-refractivity contribution in [1.82, 2.24) is 15.3 Å². The van der Waals surface area contributed by atoms with Gasteiger partial charge >= 0.3 is 0 Å². The van der Waals surface area contributed by atoms with Crippen LogP contribution in [0.15, 0.2) is 22.9 Å². The highest BCUT2D eigenvalue weighted by Gasteiger charge is 2.14. The number of nitrogens with one attached hydrogen (secondary N) is 2. The Kier molecular flexibility index (Phi) is 4.42. The second-order valence-electron chi connectivity index (χ2n) is 5.11. The molecule has 0 unspecified atom stereocenters. The van der Waals surface area contributed by atoms with Gasteiger partial charge in [-0.25, -0.2) is 4.98 Å². The van der Waals surface area contributed by atoms with Crippen molar-refractivity contribution in [3.05, 3.63) is 39.8 Å². The molecule has 0 amide bonds. The van der Waals surface area contributed by atoms with Crippen LogP contribution in [-0.4, -0.2) is 17.0 Å². The summed E-state index contributed by atoms with van der Waals surface area (Å²) in [6.07, 6.45) is 0. The number of halogens is 1. The fraction of sp³-hybridized carbons (Fsp3) is 0.400. The van der Waals surface area contributed by atoms with Crippen molar-refractivity contribution in [2.75, 3.05) is 7.05 Å². The summed E-state index contributed by atoms with van der Waals surface area (Å²) in [6.45, 7) is 7.33. The molecule has 2 rings (SSSR count). The summed E-state index contributed by atoms with van der Waals surface area (Å²) in [7, 11) is 1.94. The van der Waals surface area contributed by atoms with E-state index in [4.69, 9.17) is 0 Å². The fourth-order valence-corrected chi connectivity index (χ4v) is 2.58. The molecule has 0 atom stereocenters. The zero-order valence-corrected chi connectivity index (χ0v) is 13.4. The molecule has 3 nitrogen and oxygen atoms in total. The number of aromatic nitrogens is 2. The van der Waals surface area contributed by atoms with Crippen molar-refractivity contribution < 1.29 is 0 Å². The number of H-pyrrole nitrogens is 1. The van der Waals surface area contributed by atoms with Gasteiger partial charge in [-0.2, -0.15) is 0 Å². The number of imidazole rings is 1. The minimum atomic E-state index is 0.523. The van der Waals surface area contributed by atoms with Gasteiger partial charge in [-0.1, -0.05) is 26.0 Å². The van der Waals surface area contributed by atoms with Crippen molar-refractivity contribution in [3.8, 4) is 11.3 Å². The van der Waals surface area contributed by atoms with E-state index in [1.165, 1.54) is 16.7 Å². The van der Waals surface area contributed by atoms with E-state index in [-0.39, 0.29) is 0 Å². The Morgan fingerprint density at radius 2 is 2.11 bits per heavy atom. The molecule has 0 aliphatic rings. The third-order valence-corrected chi connectivity index (χ3v) is 3.66. The van der Waals surface area contributed by atoms with Crippen LogP contribution in [0.5, 0.6) is 0 Å². The van der Waals surface area contributed by atoms with E-state index in [1.54, 1.807) is 0 Å². The van der Waals surface area contributed by atoms with Crippen LogP contribution in [0.4, 0.5) is 0 Å². The number of rotatable bonds is 4. The molecular weight excluding hydrogens is 302 g/mol. The van der Waals surface area contributed by atoms with Gasteiger partial charge in [0.25, 0.3) is 0 Å². The molecule has 2 N–H and O–H groups in total. The number of hydrogen-bond acceptors (Lipinski definition) is 2. The first-order valence-electron chi connectivity index (χ1n) is 6.52. The Bertz CT molecular complexity index is 573. The average molecular weight is 322 g/mol. The number of benzene rings is 1. The SMILES string of the molecule is CNCc1[nH]c(Br)nc1-c1cc(C(C)C)ccc1C. The van der Waals surface area contributed by atoms with Crippen molar-refractivity contribution in [3.63, 3.8) is 0 Å². The highest BCUT2D eigenvalue weighted by molar-refractivity contribution is 9.10. The van der Waals surface area contributed by atoms with Crippen molar-refractivity contribution in [2.24, 2.45) is 0 Å². The molecule has 2 aromatic rings. The summed E-state index contributed by atoms with van der Waals surface area (Å²) < 4.78 is 0.780. The van der Waals surface area contributed by atoms with Crippen LogP contribution in [0.25, 0.3) is 11.3 Å². The lowest BCUT2D eigenvalue weighted by molar-refractivity contribution is 0.797. The predicted octanol–water partition coefficient (Wildman–Crippen LogP) is 3.99. The Balaban J connectivity index is 2.54. The predicted molar refractivity (Wildman–Crippen MR) is 83.3 cm³/mol. The van der Waals surface area contributed by atoms with E-state index in [2.05, 4.69) is 70.2 Å². The fourth-order valence-electron chi connectivity index (χ4n) is 2.16. The lowest BCUT2D eigenvalue weighted by Crippen LogP contribution is -2.06. The smallest absolute Gasteiger partial charge is 0.175 e. The van der Waals surface area contributed by atoms with Crippen LogP contribution in [-0.2, 0) is 6.54 Å². The summed E-state index contributed by atoms with van der Waals surface area (Å²) in [6, 6.07) is 6.63. The molecule has 0 bridgehead atoms. The summed E-state index contributed by atoms with van der Waals surface area (Å²) in [5.74, 6) is 0.523. The van der Waals surface area contributed by atoms with Crippen LogP contribution >= 0.6 is 15.9 Å². The van der Waals surface area contributed by atoms with Crippen molar-refractivity contribution in [2.45, 2.75) is 33.2 Å². The van der Waals surface area contributed by atoms with Gasteiger partial charge in [0, 0.05) is 12.1 Å². The first-order valence-corrected chi connectivity index (χ1v) is 7.32. The molecule has 0 spiro atoms. The second-order valence-corrected chi connectivity index (χ2v) is 5.87. The quantitative estimate of drug-likeness (QED) is 0.893. The standard InChI is InChI=1S/C15H20BrN3/c1-9(2)11-6-5-10(3)12(7-11)14-13(8-17-4)18-15(16)19-14/h5-7,9,17H,8H2,1-4H3,(H,18,19). The number of nitrogens with zero attached hydrogens (tertiary/aromatic N) is 1. The molecule has 0 fully saturated rings. The third kappa shape index (κ3) is 3.07. The van der Waals surface area contributed by atoms with E-state index in [1.807, 2.05) is 7.05 Å². The molecule has 1 aromatic heterocycles. The first-order chi connectivity index (χ1) is 9.02. The van der Waals surface area contributed by atoms with Crippen LogP contribution in [0, 0.1) is 6.92 Å². The topological polar surface area (TPSA) is 40.7 Å². The zero-order valence-electron chi connectivity index (χ0n) is 11.8. The molecule has 0 aliphatic carbocycles. The van der Waals surface area contributed by atoms with E-state index in [0.29, 0.717) is 5.92 Å². The molecule has 0 saturated carbocycles. The lowest BCUT2D eigenvalue weighted by Gasteiger charge is -2.11. The first kappa shape index (κ1) is 14.3. The molecular formula is C15H20BrN3. The summed E-state index contributed by atoms with van der Waals surface area (Å²) in [5.41, 5.74) is 5.94. The van der Waals surface area contributed by atoms with Crippen molar-refractivity contribution >= 4 is 15.9 Å². The van der Waals surface area contributed by atoms with Gasteiger partial charge in [0.2, 0.25) is 0 Å². The summed E-state index contributed by atoms with van der Waals surface area (Å²) in [4.78, 5) is 7.84. The monoisotopic (exact) mass is 321 g/mol. The average Bonchev–Trinajstić information content (AvgIpc) is 2.71. The Hall–Kier alpha value is -1.13. The van der Waals surface area contributed by atoms with E-state index in [9.17, 15) is 0 Å². The second kappa shape index (κ2) is 5.88. The van der Waals surface area contributed by atoms with Crippen LogP contribution < -0.4 is 5.32 Å². The van der Waals surface area contributed by atoms with Gasteiger partial charge in [-0.15, -0.1) is 0 Å². The summed E-state index contributed by atoms with van der Waals surface area (Å²) in [5, 5.41) is 3.17. The van der Waals surface area contributed by atoms with Crippen LogP contribution in [0.3, 0.4) is 0 Å². The largest absolute Gasteiger partial charge is 0.335 e. The van der Waals surface area contributed by atoms with Crippen LogP contribution in [0.1, 0.15) is 36.6 Å². The van der Waals surface area contributed by atoms with Crippen molar-refractivity contribution in [1.29, 1.82) is 0 Å². The Labute approximate surface area is 123 Å². The Morgan fingerprint density at radius 1 is 1.37 bits per heavy atom. The number of aryl methyl sites for hydroxylation is 1. The molecule has 19 heavy (non-hydrogen) atoms. The minimum Gasteiger partial charge on any atom is -0.335 e. The highest BCUT2D eigenvalue weighted by atomic mass is 79.9. The molecule has 0 saturated heterocycles. The zero-order chi connectivity index (χ0) is 14.0. The van der Waals surface area contributed by atoms with Gasteiger partial charge in [-0.05, 0) is 53.0 Å². The summed E-state index contributed by atoms with van der Waals surface area (Å²) >= 11 is 3.43. The highest BCUT2D eigenvalue weighted by Crippen LogP contribution is 2.29. The minimum absolute atomic E-state index is 0.523. The molecule has 0 radical (unpaired) electrons. The lowest BCUT2D eigenvalue weighted by atomic mass is 9.95. The maximum Gasteiger partial charge on any atom is 0.175 e. The van der Waals surface area contributed by atoms with E-state index < -0.39 is 0 Å². The van der Waals surface area contributed by atoms with E-state index in [0.717, 1.165) is 22.7 Å². The third-order valence-electron chi connectivity index (χ3n) is 3.29. The maximum absolute atomic E-state index is 4.58. The van der Waals surface area contributed by atoms with Gasteiger partial charge in [0.15, 0.2) is 4.73 Å². The number of hydrogen-bond donors (Lipinski definition) is 2. The van der Waals surface area contributed by atoms with Crippen LogP contribution in [0.2, 0.25) is 0 Å². The maximum atomic E-state index is 4.58. The molecule has 1 heterocycles. The van der Waals surface area contributed by atoms with Gasteiger partial charge in [0.05, 0.1) is 11.4 Å². The van der Waals surface area contributed by atoms with E-state index >= 15 is 0 Å². The molecule has 4 heteroatoms. The number of aromatic amines is 1. The van der Waals surface area contributed by atoms with Gasteiger partial charge in [-0.3, -0.25) is 0 Å². The molecule has 102 valence electrons. The molecule has 0 aliphatic heterocycles. The Morgan fingerprint density at radius 3 is 2.74 bits per heavy atom. The van der Waals surface area contributed by atoms with Gasteiger partial charge in [0.1, 0.15) is 0 Å².